The molecule has 0 unspecified atom stereocenters. The molecule has 0 aliphatic carbocycles. The number of fused-ring (bicyclic) bond motifs is 2. The number of anilines is 1. The Balaban J connectivity index is 1.40. The second kappa shape index (κ2) is 10.1. The average molecular weight is 515 g/mol. The van der Waals surface area contributed by atoms with Gasteiger partial charge < -0.3 is 24.0 Å². The molecule has 0 bridgehead atoms. The minimum Gasteiger partial charge on any atom is -0.462 e. The molecule has 0 N–H and O–H groups in total. The van der Waals surface area contributed by atoms with Crippen LogP contribution in [0.1, 0.15) is 12.8 Å². The third kappa shape index (κ3) is 4.36. The zero-order valence-electron chi connectivity index (χ0n) is 21.5. The van der Waals surface area contributed by atoms with Crippen LogP contribution < -0.4 is 9.64 Å². The standard InChI is InChI=1S/C29H31FN6O2/c1-3-25(37)34-15-17-35(18-16-34)28-22-10-11-24(36-14-12-20-7-4-5-9-23(20)36)26(30)27(22)31-29(32-28)38-19-21-8-6-13-33(21)2/h3-5,7,9-12,14,21H,1,6,8,13,15-19H2,2H3/t21-/m0/s1. The van der Waals surface area contributed by atoms with Crippen molar-refractivity contribution in [2.24, 2.45) is 0 Å². The predicted molar refractivity (Wildman–Crippen MR) is 146 cm³/mol. The van der Waals surface area contributed by atoms with Crippen LogP contribution in [0.4, 0.5) is 10.2 Å². The minimum atomic E-state index is -0.421. The molecular weight excluding hydrogens is 483 g/mol. The van der Waals surface area contributed by atoms with Crippen LogP contribution in [0.25, 0.3) is 27.5 Å². The van der Waals surface area contributed by atoms with Crippen LogP contribution in [-0.4, -0.2) is 82.7 Å². The third-order valence-corrected chi connectivity index (χ3v) is 7.75. The molecule has 38 heavy (non-hydrogen) atoms. The van der Waals surface area contributed by atoms with E-state index in [9.17, 15) is 4.79 Å². The van der Waals surface area contributed by atoms with Crippen LogP contribution >= 0.6 is 0 Å². The van der Waals surface area contributed by atoms with E-state index >= 15 is 4.39 Å². The number of aromatic nitrogens is 3. The predicted octanol–water partition coefficient (Wildman–Crippen LogP) is 4.02. The van der Waals surface area contributed by atoms with Crippen molar-refractivity contribution in [3.8, 4) is 11.7 Å². The summed E-state index contributed by atoms with van der Waals surface area (Å²) in [6, 6.07) is 14.0. The van der Waals surface area contributed by atoms with Gasteiger partial charge in [-0.3, -0.25) is 4.79 Å². The van der Waals surface area contributed by atoms with Crippen molar-refractivity contribution in [1.29, 1.82) is 0 Å². The van der Waals surface area contributed by atoms with E-state index < -0.39 is 5.82 Å². The summed E-state index contributed by atoms with van der Waals surface area (Å²) < 4.78 is 24.2. The van der Waals surface area contributed by atoms with Gasteiger partial charge in [-0.05, 0) is 62.2 Å². The van der Waals surface area contributed by atoms with Gasteiger partial charge in [-0.2, -0.15) is 9.97 Å². The van der Waals surface area contributed by atoms with Gasteiger partial charge in [0.2, 0.25) is 5.91 Å². The maximum Gasteiger partial charge on any atom is 0.319 e. The van der Waals surface area contributed by atoms with Crippen molar-refractivity contribution in [2.75, 3.05) is 51.3 Å². The maximum absolute atomic E-state index is 16.2. The molecule has 1 atom stereocenters. The van der Waals surface area contributed by atoms with Gasteiger partial charge in [0.25, 0.3) is 0 Å². The summed E-state index contributed by atoms with van der Waals surface area (Å²) >= 11 is 0. The van der Waals surface area contributed by atoms with Crippen LogP contribution in [-0.2, 0) is 4.79 Å². The van der Waals surface area contributed by atoms with Crippen molar-refractivity contribution in [1.82, 2.24) is 24.3 Å². The lowest BCUT2D eigenvalue weighted by atomic mass is 10.1. The first kappa shape index (κ1) is 24.4. The molecule has 2 aliphatic heterocycles. The van der Waals surface area contributed by atoms with Crippen LogP contribution in [0.15, 0.2) is 61.3 Å². The molecule has 196 valence electrons. The average Bonchev–Trinajstić information content (AvgIpc) is 3.57. The highest BCUT2D eigenvalue weighted by atomic mass is 19.1. The van der Waals surface area contributed by atoms with Gasteiger partial charge in [-0.1, -0.05) is 24.8 Å². The quantitative estimate of drug-likeness (QED) is 0.362. The van der Waals surface area contributed by atoms with E-state index in [1.165, 1.54) is 6.08 Å². The Kier molecular flexibility index (Phi) is 6.45. The molecule has 4 heterocycles. The molecule has 2 fully saturated rings. The highest BCUT2D eigenvalue weighted by Crippen LogP contribution is 2.33. The van der Waals surface area contributed by atoms with E-state index in [1.807, 2.05) is 47.2 Å². The third-order valence-electron chi connectivity index (χ3n) is 7.75. The van der Waals surface area contributed by atoms with E-state index in [-0.39, 0.29) is 23.5 Å². The normalized spacial score (nSPS) is 18.4. The summed E-state index contributed by atoms with van der Waals surface area (Å²) in [5.74, 6) is 0.116. The number of piperazine rings is 1. The number of rotatable bonds is 6. The number of likely N-dealkylation sites (N-methyl/N-ethyl adjacent to an activating group) is 1. The lowest BCUT2D eigenvalue weighted by Crippen LogP contribution is -2.48. The van der Waals surface area contributed by atoms with Crippen LogP contribution in [0.5, 0.6) is 6.01 Å². The molecule has 2 saturated heterocycles. The topological polar surface area (TPSA) is 66.7 Å². The first-order chi connectivity index (χ1) is 18.5. The Labute approximate surface area is 220 Å². The molecule has 8 nitrogen and oxygen atoms in total. The molecule has 2 aromatic heterocycles. The summed E-state index contributed by atoms with van der Waals surface area (Å²) in [5, 5.41) is 1.66. The number of benzene rings is 2. The molecule has 4 aromatic rings. The molecule has 9 heteroatoms. The summed E-state index contributed by atoms with van der Waals surface area (Å²) in [6.07, 6.45) is 5.39. The van der Waals surface area contributed by atoms with Gasteiger partial charge >= 0.3 is 6.01 Å². The van der Waals surface area contributed by atoms with Crippen molar-refractivity contribution < 1.29 is 13.9 Å². The van der Waals surface area contributed by atoms with Gasteiger partial charge in [0.05, 0.1) is 11.2 Å². The second-order valence-corrected chi connectivity index (χ2v) is 9.97. The first-order valence-corrected chi connectivity index (χ1v) is 13.1. The van der Waals surface area contributed by atoms with Crippen molar-refractivity contribution >= 4 is 33.5 Å². The Morgan fingerprint density at radius 2 is 1.92 bits per heavy atom. The van der Waals surface area contributed by atoms with Gasteiger partial charge in [-0.25, -0.2) is 4.39 Å². The van der Waals surface area contributed by atoms with Gasteiger partial charge in [0.15, 0.2) is 5.82 Å². The summed E-state index contributed by atoms with van der Waals surface area (Å²) in [7, 11) is 2.09. The van der Waals surface area contributed by atoms with Gasteiger partial charge in [0, 0.05) is 43.8 Å². The molecule has 2 aliphatic rings. The molecule has 0 saturated carbocycles. The van der Waals surface area contributed by atoms with Crippen LogP contribution in [0.3, 0.4) is 0 Å². The lowest BCUT2D eigenvalue weighted by molar-refractivity contribution is -0.126. The Bertz CT molecular complexity index is 1510. The van der Waals surface area contributed by atoms with Gasteiger partial charge in [0.1, 0.15) is 17.9 Å². The van der Waals surface area contributed by atoms with E-state index in [4.69, 9.17) is 9.72 Å². The highest BCUT2D eigenvalue weighted by molar-refractivity contribution is 5.93. The van der Waals surface area contributed by atoms with Crippen molar-refractivity contribution in [3.63, 3.8) is 0 Å². The number of amides is 1. The number of hydrogen-bond acceptors (Lipinski definition) is 6. The Morgan fingerprint density at radius 3 is 2.68 bits per heavy atom. The largest absolute Gasteiger partial charge is 0.462 e. The zero-order chi connectivity index (χ0) is 26.2. The number of para-hydroxylation sites is 1. The lowest BCUT2D eigenvalue weighted by Gasteiger charge is -2.35. The Hall–Kier alpha value is -3.98. The number of ether oxygens (including phenoxy) is 1. The minimum absolute atomic E-state index is 0.0865. The van der Waals surface area contributed by atoms with E-state index in [0.29, 0.717) is 49.7 Å². The summed E-state index contributed by atoms with van der Waals surface area (Å²) in [6.45, 7) is 7.30. The summed E-state index contributed by atoms with van der Waals surface area (Å²) in [4.78, 5) is 27.5. The number of carbonyl (C=O) groups excluding carboxylic acids is 1. The molecule has 1 amide bonds. The molecular formula is C29H31FN6O2. The van der Waals surface area contributed by atoms with E-state index in [0.717, 1.165) is 30.3 Å². The number of nitrogens with zero attached hydrogens (tertiary/aromatic N) is 6. The van der Waals surface area contributed by atoms with Crippen molar-refractivity contribution in [3.05, 3.63) is 67.1 Å². The molecule has 0 radical (unpaired) electrons. The SMILES string of the molecule is C=CC(=O)N1CCN(c2nc(OC[C@@H]3CCCN3C)nc3c(F)c(-n4ccc5ccccc54)ccc23)CC1. The first-order valence-electron chi connectivity index (χ1n) is 13.1. The second-order valence-electron chi connectivity index (χ2n) is 9.97. The van der Waals surface area contributed by atoms with Gasteiger partial charge in [-0.15, -0.1) is 0 Å². The molecule has 6 rings (SSSR count). The van der Waals surface area contributed by atoms with Crippen LogP contribution in [0, 0.1) is 5.82 Å². The fourth-order valence-corrected chi connectivity index (χ4v) is 5.53. The smallest absolute Gasteiger partial charge is 0.319 e. The van der Waals surface area contributed by atoms with Crippen molar-refractivity contribution in [2.45, 2.75) is 18.9 Å². The van der Waals surface area contributed by atoms with E-state index in [2.05, 4.69) is 28.4 Å². The van der Waals surface area contributed by atoms with E-state index in [1.54, 1.807) is 11.0 Å². The molecule has 2 aromatic carbocycles. The number of halogens is 1. The van der Waals surface area contributed by atoms with Crippen LogP contribution in [0.2, 0.25) is 0 Å². The fourth-order valence-electron chi connectivity index (χ4n) is 5.53. The number of likely N-dealkylation sites (tertiary alicyclic amines) is 1. The molecule has 0 spiro atoms. The summed E-state index contributed by atoms with van der Waals surface area (Å²) in [5.41, 5.74) is 1.57. The number of carbonyl (C=O) groups is 1. The number of hydrogen-bond donors (Lipinski definition) is 0. The Morgan fingerprint density at radius 1 is 1.11 bits per heavy atom. The zero-order valence-corrected chi connectivity index (χ0v) is 21.5. The monoisotopic (exact) mass is 514 g/mol. The fraction of sp³-hybridized carbons (Fsp3) is 0.345. The highest BCUT2D eigenvalue weighted by Gasteiger charge is 2.26. The maximum atomic E-state index is 16.2.